The van der Waals surface area contributed by atoms with Crippen LogP contribution < -0.4 is 5.32 Å². The molecule has 1 N–H and O–H groups in total. The maximum absolute atomic E-state index is 13.9. The van der Waals surface area contributed by atoms with Crippen LogP contribution in [0.2, 0.25) is 0 Å². The predicted octanol–water partition coefficient (Wildman–Crippen LogP) is 2.18. The fraction of sp³-hybridized carbons (Fsp3) is 0.857. The Kier molecular flexibility index (Phi) is 3.40. The molecular formula is C21H31N5O. The van der Waals surface area contributed by atoms with Crippen molar-refractivity contribution in [3.05, 3.63) is 12.7 Å². The molecule has 6 heteroatoms. The van der Waals surface area contributed by atoms with Crippen molar-refractivity contribution in [2.75, 3.05) is 26.2 Å². The van der Waals surface area contributed by atoms with E-state index in [9.17, 15) is 4.79 Å². The molecule has 2 aliphatic heterocycles. The highest BCUT2D eigenvalue weighted by atomic mass is 16.2. The summed E-state index contributed by atoms with van der Waals surface area (Å²) in [5.41, 5.74) is 0.253. The minimum Gasteiger partial charge on any atom is -0.342 e. The van der Waals surface area contributed by atoms with Crippen molar-refractivity contribution < 1.29 is 4.79 Å². The molecule has 0 unspecified atom stereocenters. The first-order valence-electron chi connectivity index (χ1n) is 11.0. The lowest BCUT2D eigenvalue weighted by molar-refractivity contribution is -0.166. The molecule has 3 heterocycles. The molecule has 7 rings (SSSR count). The lowest BCUT2D eigenvalue weighted by Crippen LogP contribution is -2.61. The minimum atomic E-state index is -0.135. The number of carbonyl (C=O) groups is 1. The smallest absolute Gasteiger partial charge is 0.228 e. The van der Waals surface area contributed by atoms with Gasteiger partial charge in [0.25, 0.3) is 0 Å². The molecule has 4 aliphatic carbocycles. The van der Waals surface area contributed by atoms with Gasteiger partial charge in [0, 0.05) is 25.0 Å². The van der Waals surface area contributed by atoms with E-state index >= 15 is 0 Å². The molecule has 4 bridgehead atoms. The van der Waals surface area contributed by atoms with Gasteiger partial charge in [-0.1, -0.05) is 0 Å². The van der Waals surface area contributed by atoms with Gasteiger partial charge in [-0.3, -0.25) is 4.79 Å². The first-order chi connectivity index (χ1) is 13.1. The second kappa shape index (κ2) is 5.56. The first-order valence-corrected chi connectivity index (χ1v) is 11.0. The highest BCUT2D eigenvalue weighted by Crippen LogP contribution is 2.64. The van der Waals surface area contributed by atoms with Crippen LogP contribution in [-0.4, -0.2) is 51.8 Å². The van der Waals surface area contributed by atoms with Crippen LogP contribution in [0.1, 0.15) is 57.8 Å². The van der Waals surface area contributed by atoms with E-state index in [1.807, 2.05) is 6.33 Å². The maximum Gasteiger partial charge on any atom is 0.228 e. The Hall–Kier alpha value is -1.43. The number of nitrogens with one attached hydrogen (secondary N) is 1. The zero-order valence-corrected chi connectivity index (χ0v) is 16.2. The van der Waals surface area contributed by atoms with E-state index in [4.69, 9.17) is 0 Å². The van der Waals surface area contributed by atoms with E-state index in [1.165, 1.54) is 38.5 Å². The zero-order valence-electron chi connectivity index (χ0n) is 16.2. The number of amides is 1. The molecule has 2 saturated heterocycles. The van der Waals surface area contributed by atoms with Crippen LogP contribution in [0.3, 0.4) is 0 Å². The van der Waals surface area contributed by atoms with Gasteiger partial charge in [-0.25, -0.2) is 9.67 Å². The van der Waals surface area contributed by atoms with Crippen LogP contribution in [0, 0.1) is 22.7 Å². The SMILES string of the molecule is O=C(N1CC[C@]2(CCCNC2)C1)C12C[C@@H]3C[C@@H](C1)CC(n1cncn1)(C3)C2. The number of piperidine rings is 1. The Morgan fingerprint density at radius 3 is 2.70 bits per heavy atom. The highest BCUT2D eigenvalue weighted by Gasteiger charge is 2.63. The molecule has 6 fully saturated rings. The van der Waals surface area contributed by atoms with Crippen molar-refractivity contribution in [2.45, 2.75) is 63.3 Å². The molecule has 4 saturated carbocycles. The number of hydrogen-bond acceptors (Lipinski definition) is 4. The standard InChI is InChI=1S/C21H31N5O/c27-18(25-5-3-19(13-25)2-1-4-22-12-19)20-7-16-6-17(8-20)10-21(9-16,11-20)26-15-23-14-24-26/h14-17,22H,1-13H2/t16-,17-,19-,20?,21?/m0/s1. The average molecular weight is 370 g/mol. The third-order valence-electron chi connectivity index (χ3n) is 8.67. The molecule has 146 valence electrons. The van der Waals surface area contributed by atoms with Gasteiger partial charge in [0.15, 0.2) is 0 Å². The fourth-order valence-electron chi connectivity index (χ4n) is 8.01. The number of nitrogens with zero attached hydrogens (tertiary/aromatic N) is 4. The molecule has 0 aromatic carbocycles. The number of aromatic nitrogens is 3. The number of hydrogen-bond donors (Lipinski definition) is 1. The summed E-state index contributed by atoms with van der Waals surface area (Å²) >= 11 is 0. The molecule has 1 aromatic rings. The van der Waals surface area contributed by atoms with Crippen LogP contribution in [0.25, 0.3) is 0 Å². The molecule has 1 aromatic heterocycles. The lowest BCUT2D eigenvalue weighted by Gasteiger charge is -2.61. The second-order valence-electron chi connectivity index (χ2n) is 10.6. The normalized spacial score (nSPS) is 45.7. The van der Waals surface area contributed by atoms with E-state index in [2.05, 4.69) is 25.0 Å². The number of likely N-dealkylation sites (tertiary alicyclic amines) is 1. The Balaban J connectivity index is 1.29. The topological polar surface area (TPSA) is 63.1 Å². The van der Waals surface area contributed by atoms with Crippen molar-refractivity contribution in [3.8, 4) is 0 Å². The third kappa shape index (κ3) is 2.38. The molecule has 27 heavy (non-hydrogen) atoms. The Morgan fingerprint density at radius 1 is 1.15 bits per heavy atom. The van der Waals surface area contributed by atoms with E-state index in [0.29, 0.717) is 23.2 Å². The quantitative estimate of drug-likeness (QED) is 0.868. The average Bonchev–Trinajstić information content (AvgIpc) is 3.32. The summed E-state index contributed by atoms with van der Waals surface area (Å²) < 4.78 is 2.11. The predicted molar refractivity (Wildman–Crippen MR) is 101 cm³/mol. The van der Waals surface area contributed by atoms with Gasteiger partial charge >= 0.3 is 0 Å². The Bertz CT molecular complexity index is 724. The van der Waals surface area contributed by atoms with Crippen molar-refractivity contribution in [2.24, 2.45) is 22.7 Å². The van der Waals surface area contributed by atoms with E-state index in [0.717, 1.165) is 45.4 Å². The summed E-state index contributed by atoms with van der Waals surface area (Å²) in [7, 11) is 0. The Labute approximate surface area is 161 Å². The van der Waals surface area contributed by atoms with Gasteiger partial charge in [0.2, 0.25) is 5.91 Å². The van der Waals surface area contributed by atoms with Gasteiger partial charge in [-0.05, 0) is 76.2 Å². The second-order valence-corrected chi connectivity index (χ2v) is 10.6. The molecule has 6 nitrogen and oxygen atoms in total. The number of carbonyl (C=O) groups excluding carboxylic acids is 1. The molecule has 3 atom stereocenters. The van der Waals surface area contributed by atoms with Gasteiger partial charge in [0.1, 0.15) is 12.7 Å². The van der Waals surface area contributed by atoms with E-state index < -0.39 is 0 Å². The molecule has 1 spiro atoms. The third-order valence-corrected chi connectivity index (χ3v) is 8.67. The van der Waals surface area contributed by atoms with Gasteiger partial charge in [-0.2, -0.15) is 5.10 Å². The van der Waals surface area contributed by atoms with E-state index in [-0.39, 0.29) is 11.0 Å². The van der Waals surface area contributed by atoms with Crippen molar-refractivity contribution in [1.82, 2.24) is 25.0 Å². The summed E-state index contributed by atoms with van der Waals surface area (Å²) in [4.78, 5) is 20.4. The summed E-state index contributed by atoms with van der Waals surface area (Å²) in [5, 5.41) is 8.12. The summed E-state index contributed by atoms with van der Waals surface area (Å²) in [6, 6.07) is 0. The van der Waals surface area contributed by atoms with Crippen molar-refractivity contribution in [3.63, 3.8) is 0 Å². The fourth-order valence-corrected chi connectivity index (χ4v) is 8.01. The first kappa shape index (κ1) is 16.5. The van der Waals surface area contributed by atoms with Crippen molar-refractivity contribution in [1.29, 1.82) is 0 Å². The van der Waals surface area contributed by atoms with Crippen LogP contribution in [0.4, 0.5) is 0 Å². The molecule has 0 radical (unpaired) electrons. The van der Waals surface area contributed by atoms with Crippen LogP contribution in [0.15, 0.2) is 12.7 Å². The van der Waals surface area contributed by atoms with Gasteiger partial charge in [0.05, 0.1) is 11.0 Å². The van der Waals surface area contributed by atoms with Gasteiger partial charge in [-0.15, -0.1) is 0 Å². The molecule has 1 amide bonds. The Morgan fingerprint density at radius 2 is 2.00 bits per heavy atom. The maximum atomic E-state index is 13.9. The largest absolute Gasteiger partial charge is 0.342 e. The van der Waals surface area contributed by atoms with Crippen molar-refractivity contribution >= 4 is 5.91 Å². The van der Waals surface area contributed by atoms with Gasteiger partial charge < -0.3 is 10.2 Å². The van der Waals surface area contributed by atoms with Crippen LogP contribution in [0.5, 0.6) is 0 Å². The molecule has 6 aliphatic rings. The number of rotatable bonds is 2. The minimum absolute atomic E-state index is 0.0417. The zero-order chi connectivity index (χ0) is 18.1. The van der Waals surface area contributed by atoms with Crippen LogP contribution >= 0.6 is 0 Å². The summed E-state index contributed by atoms with van der Waals surface area (Å²) in [6.07, 6.45) is 14.2. The van der Waals surface area contributed by atoms with Crippen LogP contribution in [-0.2, 0) is 10.3 Å². The monoisotopic (exact) mass is 369 g/mol. The highest BCUT2D eigenvalue weighted by molar-refractivity contribution is 5.84. The van der Waals surface area contributed by atoms with E-state index in [1.54, 1.807) is 6.33 Å². The lowest BCUT2D eigenvalue weighted by atomic mass is 9.46. The molecular weight excluding hydrogens is 338 g/mol. The summed E-state index contributed by atoms with van der Waals surface area (Å²) in [5.74, 6) is 1.85. The summed E-state index contributed by atoms with van der Waals surface area (Å²) in [6.45, 7) is 4.18.